The Kier molecular flexibility index (Phi) is 7.63. The Morgan fingerprint density at radius 1 is 1.26 bits per heavy atom. The third kappa shape index (κ3) is 3.98. The fraction of sp³-hybridized carbons (Fsp3) is 0.731. The van der Waals surface area contributed by atoms with Crippen LogP contribution in [0.3, 0.4) is 0 Å². The lowest BCUT2D eigenvalue weighted by Gasteiger charge is -2.41. The molecule has 8 nitrogen and oxygen atoms in total. The largest absolute Gasteiger partial charge is 0.465 e. The molecule has 3 heterocycles. The third-order valence-corrected chi connectivity index (χ3v) is 7.81. The van der Waals surface area contributed by atoms with E-state index in [2.05, 4.69) is 13.2 Å². The highest BCUT2D eigenvalue weighted by atomic mass is 16.6. The number of aliphatic hydroxyl groups excluding tert-OH is 1. The van der Waals surface area contributed by atoms with Gasteiger partial charge in [0.15, 0.2) is 0 Å². The maximum atomic E-state index is 14.1. The van der Waals surface area contributed by atoms with Crippen LogP contribution in [0.2, 0.25) is 0 Å². The maximum Gasteiger partial charge on any atom is 0.312 e. The van der Waals surface area contributed by atoms with Crippen LogP contribution in [0, 0.1) is 17.8 Å². The second-order valence-corrected chi connectivity index (χ2v) is 10.6. The average Bonchev–Trinajstić information content (AvgIpc) is 3.33. The van der Waals surface area contributed by atoms with Crippen molar-refractivity contribution >= 4 is 17.8 Å². The van der Waals surface area contributed by atoms with Crippen molar-refractivity contribution in [2.75, 3.05) is 19.8 Å². The van der Waals surface area contributed by atoms with Crippen LogP contribution in [-0.4, -0.2) is 81.8 Å². The van der Waals surface area contributed by atoms with E-state index in [0.29, 0.717) is 25.8 Å². The van der Waals surface area contributed by atoms with E-state index in [9.17, 15) is 19.5 Å². The minimum absolute atomic E-state index is 0.0999. The molecule has 6 atom stereocenters. The van der Waals surface area contributed by atoms with Gasteiger partial charge in [-0.15, -0.1) is 13.2 Å². The van der Waals surface area contributed by atoms with Gasteiger partial charge < -0.3 is 24.4 Å². The molecular formula is C26H40N2O6. The molecule has 1 N–H and O–H groups in total. The van der Waals surface area contributed by atoms with E-state index in [4.69, 9.17) is 9.47 Å². The van der Waals surface area contributed by atoms with Gasteiger partial charge in [0, 0.05) is 12.6 Å². The summed E-state index contributed by atoms with van der Waals surface area (Å²) in [5.41, 5.74) is -2.02. The molecule has 2 amide bonds. The highest BCUT2D eigenvalue weighted by Gasteiger charge is 2.79. The van der Waals surface area contributed by atoms with Crippen molar-refractivity contribution < 1.29 is 29.0 Å². The molecule has 190 valence electrons. The summed E-state index contributed by atoms with van der Waals surface area (Å²) in [7, 11) is 0. The molecule has 3 aliphatic heterocycles. The minimum atomic E-state index is -1.14. The zero-order valence-electron chi connectivity index (χ0n) is 21.2. The van der Waals surface area contributed by atoms with Crippen molar-refractivity contribution in [1.29, 1.82) is 0 Å². The molecule has 0 saturated carbocycles. The molecule has 34 heavy (non-hydrogen) atoms. The normalized spacial score (nSPS) is 32.8. The van der Waals surface area contributed by atoms with E-state index < -0.39 is 41.1 Å². The first-order chi connectivity index (χ1) is 16.0. The standard InChI is InChI=1S/C26H40N2O6/c1-8-10-14-33-24(32)20-19-22(30)28(18(15-29)16(3)4)21(23(31)27(13-9-2)17(5)6)26(19)12-11-25(20,7)34-26/h8-9,16-21,29H,1-2,10-15H2,3-7H3/t18-,19-,20-,21?,25+,26?/m0/s1. The summed E-state index contributed by atoms with van der Waals surface area (Å²) in [4.78, 5) is 44.6. The van der Waals surface area contributed by atoms with Gasteiger partial charge in [-0.3, -0.25) is 14.4 Å². The van der Waals surface area contributed by atoms with Crippen molar-refractivity contribution in [3.8, 4) is 0 Å². The van der Waals surface area contributed by atoms with Crippen molar-refractivity contribution in [2.24, 2.45) is 17.8 Å². The zero-order chi connectivity index (χ0) is 25.4. The summed E-state index contributed by atoms with van der Waals surface area (Å²) in [6.45, 7) is 17.1. The van der Waals surface area contributed by atoms with Gasteiger partial charge in [0.05, 0.1) is 30.8 Å². The van der Waals surface area contributed by atoms with Gasteiger partial charge in [0.25, 0.3) is 0 Å². The fourth-order valence-electron chi connectivity index (χ4n) is 6.16. The second kappa shape index (κ2) is 9.82. The molecule has 2 bridgehead atoms. The highest BCUT2D eigenvalue weighted by Crippen LogP contribution is 2.64. The molecule has 2 unspecified atom stereocenters. The van der Waals surface area contributed by atoms with Gasteiger partial charge in [0.1, 0.15) is 17.6 Å². The number of fused-ring (bicyclic) bond motifs is 1. The van der Waals surface area contributed by atoms with Crippen LogP contribution < -0.4 is 0 Å². The van der Waals surface area contributed by atoms with Crippen LogP contribution in [0.15, 0.2) is 25.3 Å². The Hall–Kier alpha value is -2.19. The highest BCUT2D eigenvalue weighted by molar-refractivity contribution is 5.98. The Balaban J connectivity index is 2.11. The Bertz CT molecular complexity index is 841. The van der Waals surface area contributed by atoms with Gasteiger partial charge in [-0.25, -0.2) is 0 Å². The van der Waals surface area contributed by atoms with Gasteiger partial charge in [-0.1, -0.05) is 26.0 Å². The number of aliphatic hydroxyl groups is 1. The lowest BCUT2D eigenvalue weighted by Crippen LogP contribution is -2.60. The number of likely N-dealkylation sites (tertiary alicyclic amines) is 1. The number of ether oxygens (including phenoxy) is 2. The zero-order valence-corrected chi connectivity index (χ0v) is 21.2. The minimum Gasteiger partial charge on any atom is -0.465 e. The molecule has 3 rings (SSSR count). The maximum absolute atomic E-state index is 14.1. The third-order valence-electron chi connectivity index (χ3n) is 7.81. The van der Waals surface area contributed by atoms with E-state index in [-0.39, 0.29) is 37.0 Å². The molecule has 0 aromatic rings. The Morgan fingerprint density at radius 2 is 1.94 bits per heavy atom. The summed E-state index contributed by atoms with van der Waals surface area (Å²) in [5.74, 6) is -2.78. The number of nitrogens with zero attached hydrogens (tertiary/aromatic N) is 2. The average molecular weight is 477 g/mol. The van der Waals surface area contributed by atoms with E-state index in [0.717, 1.165) is 0 Å². The van der Waals surface area contributed by atoms with Crippen LogP contribution >= 0.6 is 0 Å². The predicted octanol–water partition coefficient (Wildman–Crippen LogP) is 2.31. The number of hydrogen-bond acceptors (Lipinski definition) is 6. The summed E-state index contributed by atoms with van der Waals surface area (Å²) < 4.78 is 12.1. The van der Waals surface area contributed by atoms with Gasteiger partial charge in [-0.05, 0) is 46.0 Å². The van der Waals surface area contributed by atoms with Crippen molar-refractivity contribution in [2.45, 2.75) is 83.2 Å². The molecule has 3 fully saturated rings. The number of carbonyl (C=O) groups is 3. The van der Waals surface area contributed by atoms with Crippen LogP contribution in [0.5, 0.6) is 0 Å². The van der Waals surface area contributed by atoms with E-state index in [1.54, 1.807) is 17.1 Å². The number of carbonyl (C=O) groups excluding carboxylic acids is 3. The monoisotopic (exact) mass is 476 g/mol. The van der Waals surface area contributed by atoms with Gasteiger partial charge >= 0.3 is 5.97 Å². The molecule has 0 radical (unpaired) electrons. The molecule has 0 aliphatic carbocycles. The van der Waals surface area contributed by atoms with Gasteiger partial charge in [-0.2, -0.15) is 0 Å². The first-order valence-corrected chi connectivity index (χ1v) is 12.3. The number of esters is 1. The van der Waals surface area contributed by atoms with E-state index in [1.165, 1.54) is 4.90 Å². The van der Waals surface area contributed by atoms with Crippen molar-refractivity contribution in [1.82, 2.24) is 9.80 Å². The fourth-order valence-corrected chi connectivity index (χ4v) is 6.16. The van der Waals surface area contributed by atoms with Crippen LogP contribution in [0.1, 0.15) is 53.9 Å². The van der Waals surface area contributed by atoms with Gasteiger partial charge in [0.2, 0.25) is 11.8 Å². The predicted molar refractivity (Wildman–Crippen MR) is 128 cm³/mol. The first kappa shape index (κ1) is 26.4. The quantitative estimate of drug-likeness (QED) is 0.279. The second-order valence-electron chi connectivity index (χ2n) is 10.6. The molecule has 0 aromatic heterocycles. The molecule has 0 aromatic carbocycles. The summed E-state index contributed by atoms with van der Waals surface area (Å²) in [5, 5.41) is 10.2. The molecule has 1 spiro atoms. The summed E-state index contributed by atoms with van der Waals surface area (Å²) >= 11 is 0. The lowest BCUT2D eigenvalue weighted by molar-refractivity contribution is -0.162. The molecule has 3 aliphatic rings. The van der Waals surface area contributed by atoms with Crippen LogP contribution in [-0.2, 0) is 23.9 Å². The number of hydrogen-bond donors (Lipinski definition) is 1. The van der Waals surface area contributed by atoms with Crippen LogP contribution in [0.4, 0.5) is 0 Å². The summed E-state index contributed by atoms with van der Waals surface area (Å²) in [6.07, 6.45) is 4.87. The first-order valence-electron chi connectivity index (χ1n) is 12.3. The molecule has 8 heteroatoms. The molecular weight excluding hydrogens is 436 g/mol. The topological polar surface area (TPSA) is 96.4 Å². The smallest absolute Gasteiger partial charge is 0.312 e. The Labute approximate surface area is 202 Å². The van der Waals surface area contributed by atoms with Crippen LogP contribution in [0.25, 0.3) is 0 Å². The lowest BCUT2D eigenvalue weighted by atomic mass is 9.66. The SMILES string of the molecule is C=CCCOC(=O)[C@@H]1[C@H]2C(=O)N([C@@H](CO)C(C)C)C(C(=O)N(CC=C)C(C)C)C23CC[C@@]1(C)O3. The van der Waals surface area contributed by atoms with Crippen molar-refractivity contribution in [3.63, 3.8) is 0 Å². The van der Waals surface area contributed by atoms with E-state index >= 15 is 0 Å². The van der Waals surface area contributed by atoms with E-state index in [1.807, 2.05) is 34.6 Å². The summed E-state index contributed by atoms with van der Waals surface area (Å²) in [6, 6.07) is -1.63. The van der Waals surface area contributed by atoms with Crippen molar-refractivity contribution in [3.05, 3.63) is 25.3 Å². The molecule has 3 saturated heterocycles. The number of rotatable bonds is 11. The Morgan fingerprint density at radius 3 is 2.47 bits per heavy atom. The number of amides is 2.